The van der Waals surface area contributed by atoms with Crippen LogP contribution in [0.2, 0.25) is 0 Å². The van der Waals surface area contributed by atoms with Crippen molar-refractivity contribution in [3.8, 4) is 0 Å². The number of fused-ring (bicyclic) bond motifs is 1. The third-order valence-corrected chi connectivity index (χ3v) is 2.23. The molecule has 0 saturated carbocycles. The summed E-state index contributed by atoms with van der Waals surface area (Å²) in [5.41, 5.74) is 1.59. The van der Waals surface area contributed by atoms with E-state index in [1.165, 1.54) is 6.07 Å². The number of pyridine rings is 1. The van der Waals surface area contributed by atoms with Crippen LogP contribution in [0.5, 0.6) is 0 Å². The van der Waals surface area contributed by atoms with Gasteiger partial charge in [-0.3, -0.25) is 9.59 Å². The number of rotatable bonds is 3. The Labute approximate surface area is 91.6 Å². The number of carbonyl (C=O) groups excluding carboxylic acids is 1. The molecule has 2 rings (SSSR count). The van der Waals surface area contributed by atoms with Gasteiger partial charge in [-0.2, -0.15) is 0 Å². The zero-order valence-corrected chi connectivity index (χ0v) is 8.44. The average Bonchev–Trinajstić information content (AvgIpc) is 2.29. The Bertz CT molecular complexity index is 599. The van der Waals surface area contributed by atoms with Crippen LogP contribution in [0.25, 0.3) is 17.0 Å². The molecule has 0 aliphatic heterocycles. The highest BCUT2D eigenvalue weighted by Crippen LogP contribution is 2.16. The average molecular weight is 214 g/mol. The van der Waals surface area contributed by atoms with E-state index in [9.17, 15) is 9.59 Å². The molecule has 0 radical (unpaired) electrons. The molecule has 4 heteroatoms. The molecule has 1 aromatic carbocycles. The summed E-state index contributed by atoms with van der Waals surface area (Å²) in [6, 6.07) is 8.82. The first-order valence-electron chi connectivity index (χ1n) is 4.79. The van der Waals surface area contributed by atoms with Gasteiger partial charge in [-0.25, -0.2) is 0 Å². The number of benzene rings is 1. The van der Waals surface area contributed by atoms with E-state index >= 15 is 0 Å². The lowest BCUT2D eigenvalue weighted by molar-refractivity contribution is -0.108. The molecular formula is C12H10N2O2. The van der Waals surface area contributed by atoms with Gasteiger partial charge in [0.25, 0.3) is 0 Å². The van der Waals surface area contributed by atoms with E-state index in [1.54, 1.807) is 18.3 Å². The van der Waals surface area contributed by atoms with Crippen molar-refractivity contribution < 1.29 is 4.79 Å². The quantitative estimate of drug-likeness (QED) is 0.755. The number of aromatic amines is 1. The Morgan fingerprint density at radius 3 is 2.88 bits per heavy atom. The summed E-state index contributed by atoms with van der Waals surface area (Å²) in [6.45, 7) is 0. The minimum absolute atomic E-state index is 0.125. The van der Waals surface area contributed by atoms with E-state index in [-0.39, 0.29) is 5.56 Å². The van der Waals surface area contributed by atoms with Crippen molar-refractivity contribution in [3.63, 3.8) is 0 Å². The van der Waals surface area contributed by atoms with Gasteiger partial charge in [0.1, 0.15) is 0 Å². The van der Waals surface area contributed by atoms with E-state index in [0.29, 0.717) is 6.41 Å². The maximum Gasteiger partial charge on any atom is 0.248 e. The van der Waals surface area contributed by atoms with Gasteiger partial charge >= 0.3 is 0 Å². The van der Waals surface area contributed by atoms with Crippen LogP contribution in [0.1, 0.15) is 5.56 Å². The second-order valence-corrected chi connectivity index (χ2v) is 3.25. The van der Waals surface area contributed by atoms with Crippen LogP contribution < -0.4 is 10.9 Å². The summed E-state index contributed by atoms with van der Waals surface area (Å²) in [5.74, 6) is 0. The number of nitrogens with one attached hydrogen (secondary N) is 2. The van der Waals surface area contributed by atoms with E-state index in [4.69, 9.17) is 0 Å². The number of amides is 1. The molecule has 4 nitrogen and oxygen atoms in total. The third-order valence-electron chi connectivity index (χ3n) is 2.23. The van der Waals surface area contributed by atoms with Gasteiger partial charge in [-0.05, 0) is 23.8 Å². The van der Waals surface area contributed by atoms with Crippen LogP contribution in [0.4, 0.5) is 0 Å². The predicted molar refractivity (Wildman–Crippen MR) is 62.8 cm³/mol. The molecule has 0 aliphatic carbocycles. The Balaban J connectivity index is 2.53. The van der Waals surface area contributed by atoms with Crippen molar-refractivity contribution in [2.45, 2.75) is 0 Å². The fourth-order valence-corrected chi connectivity index (χ4v) is 1.53. The minimum atomic E-state index is -0.125. The van der Waals surface area contributed by atoms with Crippen molar-refractivity contribution in [2.75, 3.05) is 0 Å². The second kappa shape index (κ2) is 4.44. The first-order valence-corrected chi connectivity index (χ1v) is 4.79. The van der Waals surface area contributed by atoms with Crippen molar-refractivity contribution in [2.24, 2.45) is 0 Å². The van der Waals surface area contributed by atoms with E-state index in [1.807, 2.05) is 18.2 Å². The minimum Gasteiger partial charge on any atom is -0.335 e. The molecule has 0 atom stereocenters. The number of H-pyrrole nitrogens is 1. The third kappa shape index (κ3) is 2.00. The molecule has 0 fully saturated rings. The SMILES string of the molecule is O=CNC=Cc1cccc2[nH]c(=O)ccc12. The summed E-state index contributed by atoms with van der Waals surface area (Å²) in [7, 11) is 0. The van der Waals surface area contributed by atoms with Crippen molar-refractivity contribution >= 4 is 23.4 Å². The highest BCUT2D eigenvalue weighted by Gasteiger charge is 1.97. The second-order valence-electron chi connectivity index (χ2n) is 3.25. The van der Waals surface area contributed by atoms with Gasteiger partial charge in [-0.1, -0.05) is 12.1 Å². The van der Waals surface area contributed by atoms with E-state index in [2.05, 4.69) is 10.3 Å². The first kappa shape index (κ1) is 10.2. The summed E-state index contributed by atoms with van der Waals surface area (Å²) < 4.78 is 0. The molecule has 0 aliphatic rings. The topological polar surface area (TPSA) is 62.0 Å². The van der Waals surface area contributed by atoms with Gasteiger partial charge in [0.15, 0.2) is 0 Å². The molecule has 16 heavy (non-hydrogen) atoms. The first-order chi connectivity index (χ1) is 7.81. The lowest BCUT2D eigenvalue weighted by Gasteiger charge is -2.00. The van der Waals surface area contributed by atoms with Gasteiger partial charge in [0.2, 0.25) is 12.0 Å². The summed E-state index contributed by atoms with van der Waals surface area (Å²) in [6.07, 6.45) is 3.92. The summed E-state index contributed by atoms with van der Waals surface area (Å²) >= 11 is 0. The molecule has 80 valence electrons. The molecular weight excluding hydrogens is 204 g/mol. The number of aromatic nitrogens is 1. The predicted octanol–water partition coefficient (Wildman–Crippen LogP) is 1.24. The standard InChI is InChI=1S/C12H10N2O2/c15-8-13-7-6-9-2-1-3-11-10(9)4-5-12(16)14-11/h1-8H,(H,13,15)(H,14,16). The lowest BCUT2D eigenvalue weighted by Crippen LogP contribution is -2.02. The maximum absolute atomic E-state index is 11.1. The smallest absolute Gasteiger partial charge is 0.248 e. The van der Waals surface area contributed by atoms with E-state index < -0.39 is 0 Å². The van der Waals surface area contributed by atoms with Gasteiger partial charge in [-0.15, -0.1) is 0 Å². The molecule has 1 amide bonds. The molecule has 0 unspecified atom stereocenters. The van der Waals surface area contributed by atoms with Gasteiger partial charge < -0.3 is 10.3 Å². The monoisotopic (exact) mass is 214 g/mol. The Morgan fingerprint density at radius 1 is 1.19 bits per heavy atom. The Hall–Kier alpha value is -2.36. The maximum atomic E-state index is 11.1. The van der Waals surface area contributed by atoms with Crippen LogP contribution in [-0.2, 0) is 4.79 Å². The highest BCUT2D eigenvalue weighted by molar-refractivity contribution is 5.87. The molecule has 1 heterocycles. The fourth-order valence-electron chi connectivity index (χ4n) is 1.53. The number of carbonyl (C=O) groups is 1. The van der Waals surface area contributed by atoms with Crippen molar-refractivity contribution in [1.82, 2.24) is 10.3 Å². The molecule has 1 aromatic heterocycles. The molecule has 0 spiro atoms. The van der Waals surface area contributed by atoms with Crippen LogP contribution in [0.3, 0.4) is 0 Å². The van der Waals surface area contributed by atoms with E-state index in [0.717, 1.165) is 16.5 Å². The largest absolute Gasteiger partial charge is 0.335 e. The van der Waals surface area contributed by atoms with Crippen molar-refractivity contribution in [3.05, 3.63) is 52.4 Å². The molecule has 2 N–H and O–H groups in total. The normalized spacial score (nSPS) is 10.8. The molecule has 0 bridgehead atoms. The summed E-state index contributed by atoms with van der Waals surface area (Å²) in [4.78, 5) is 24.0. The zero-order valence-electron chi connectivity index (χ0n) is 8.44. The van der Waals surface area contributed by atoms with Crippen LogP contribution in [-0.4, -0.2) is 11.4 Å². The summed E-state index contributed by atoms with van der Waals surface area (Å²) in [5, 5.41) is 3.38. The molecule has 2 aromatic rings. The lowest BCUT2D eigenvalue weighted by atomic mass is 10.1. The van der Waals surface area contributed by atoms with Crippen LogP contribution in [0.15, 0.2) is 41.3 Å². The molecule has 0 saturated heterocycles. The van der Waals surface area contributed by atoms with Crippen LogP contribution in [0, 0.1) is 0 Å². The Morgan fingerprint density at radius 2 is 2.06 bits per heavy atom. The zero-order chi connectivity index (χ0) is 11.4. The van der Waals surface area contributed by atoms with Gasteiger partial charge in [0.05, 0.1) is 0 Å². The highest BCUT2D eigenvalue weighted by atomic mass is 16.1. The Kier molecular flexibility index (Phi) is 2.82. The number of hydrogen-bond acceptors (Lipinski definition) is 2. The van der Waals surface area contributed by atoms with Gasteiger partial charge in [0, 0.05) is 23.2 Å². The fraction of sp³-hybridized carbons (Fsp3) is 0. The van der Waals surface area contributed by atoms with Crippen LogP contribution >= 0.6 is 0 Å². The number of hydrogen-bond donors (Lipinski definition) is 2. The van der Waals surface area contributed by atoms with Crippen molar-refractivity contribution in [1.29, 1.82) is 0 Å².